The predicted octanol–water partition coefficient (Wildman–Crippen LogP) is 3.98. The molecule has 1 aromatic rings. The van der Waals surface area contributed by atoms with Gasteiger partial charge in [0.2, 0.25) is 0 Å². The Morgan fingerprint density at radius 1 is 1.50 bits per heavy atom. The summed E-state index contributed by atoms with van der Waals surface area (Å²) in [7, 11) is 0. The number of thioether (sulfide) groups is 1. The Labute approximate surface area is 107 Å². The van der Waals surface area contributed by atoms with Crippen LogP contribution in [0, 0.1) is 0 Å². The molecule has 0 radical (unpaired) electrons. The van der Waals surface area contributed by atoms with Gasteiger partial charge in [-0.25, -0.2) is 0 Å². The number of halogens is 1. The fraction of sp³-hybridized carbons (Fsp3) is 0.462. The molecule has 0 N–H and O–H groups in total. The van der Waals surface area contributed by atoms with Gasteiger partial charge in [0.1, 0.15) is 5.78 Å². The first kappa shape index (κ1) is 13.6. The van der Waals surface area contributed by atoms with Gasteiger partial charge >= 0.3 is 0 Å². The van der Waals surface area contributed by atoms with Gasteiger partial charge in [0.15, 0.2) is 0 Å². The van der Waals surface area contributed by atoms with E-state index in [1.807, 2.05) is 31.2 Å². The summed E-state index contributed by atoms with van der Waals surface area (Å²) in [6.45, 7) is 4.11. The maximum absolute atomic E-state index is 11.9. The minimum Gasteiger partial charge on any atom is -0.298 e. The van der Waals surface area contributed by atoms with Crippen LogP contribution in [0.15, 0.2) is 24.3 Å². The van der Waals surface area contributed by atoms with Crippen molar-refractivity contribution in [1.82, 2.24) is 0 Å². The van der Waals surface area contributed by atoms with Gasteiger partial charge in [-0.1, -0.05) is 30.7 Å². The van der Waals surface area contributed by atoms with Gasteiger partial charge < -0.3 is 0 Å². The SMILES string of the molecule is CCCSC(C)C(=O)Cc1cccc(Cl)c1. The Morgan fingerprint density at radius 3 is 2.88 bits per heavy atom. The number of hydrogen-bond donors (Lipinski definition) is 0. The summed E-state index contributed by atoms with van der Waals surface area (Å²) >= 11 is 7.60. The maximum atomic E-state index is 11.9. The molecule has 0 aliphatic heterocycles. The minimum absolute atomic E-state index is 0.0823. The van der Waals surface area contributed by atoms with Crippen LogP contribution in [0.1, 0.15) is 25.8 Å². The summed E-state index contributed by atoms with van der Waals surface area (Å²) in [5.74, 6) is 1.32. The lowest BCUT2D eigenvalue weighted by Gasteiger charge is -2.09. The molecule has 0 aromatic heterocycles. The molecular weight excluding hydrogens is 240 g/mol. The summed E-state index contributed by atoms with van der Waals surface area (Å²) in [4.78, 5) is 11.9. The molecule has 1 unspecified atom stereocenters. The van der Waals surface area contributed by atoms with Crippen molar-refractivity contribution in [2.45, 2.75) is 31.9 Å². The molecule has 1 rings (SSSR count). The Bertz CT molecular complexity index is 352. The molecule has 0 saturated heterocycles. The molecule has 3 heteroatoms. The Morgan fingerprint density at radius 2 is 2.25 bits per heavy atom. The molecule has 0 amide bonds. The third-order valence-electron chi connectivity index (χ3n) is 2.29. The van der Waals surface area contributed by atoms with Crippen LogP contribution in [0.2, 0.25) is 5.02 Å². The van der Waals surface area contributed by atoms with E-state index >= 15 is 0 Å². The quantitative estimate of drug-likeness (QED) is 0.766. The molecule has 0 aliphatic carbocycles. The first-order valence-corrected chi connectivity index (χ1v) is 6.95. The summed E-state index contributed by atoms with van der Waals surface area (Å²) in [6.07, 6.45) is 1.60. The molecule has 0 saturated carbocycles. The van der Waals surface area contributed by atoms with Gasteiger partial charge in [-0.15, -0.1) is 0 Å². The molecule has 1 aromatic carbocycles. The van der Waals surface area contributed by atoms with E-state index in [0.717, 1.165) is 17.7 Å². The number of rotatable bonds is 6. The lowest BCUT2D eigenvalue weighted by molar-refractivity contribution is -0.117. The van der Waals surface area contributed by atoms with Crippen LogP contribution in [0.5, 0.6) is 0 Å². The summed E-state index contributed by atoms with van der Waals surface area (Å²) < 4.78 is 0. The van der Waals surface area contributed by atoms with Crippen molar-refractivity contribution in [3.8, 4) is 0 Å². The zero-order chi connectivity index (χ0) is 12.0. The Kier molecular flexibility index (Phi) is 5.93. The van der Waals surface area contributed by atoms with Crippen LogP contribution >= 0.6 is 23.4 Å². The van der Waals surface area contributed by atoms with Crippen molar-refractivity contribution >= 4 is 29.1 Å². The molecule has 1 nitrogen and oxygen atoms in total. The zero-order valence-corrected chi connectivity index (χ0v) is 11.3. The Balaban J connectivity index is 2.50. The summed E-state index contributed by atoms with van der Waals surface area (Å²) in [6, 6.07) is 7.51. The smallest absolute Gasteiger partial charge is 0.149 e. The highest BCUT2D eigenvalue weighted by molar-refractivity contribution is 8.00. The van der Waals surface area contributed by atoms with E-state index in [9.17, 15) is 4.79 Å². The largest absolute Gasteiger partial charge is 0.298 e. The second-order valence-electron chi connectivity index (χ2n) is 3.79. The van der Waals surface area contributed by atoms with Crippen molar-refractivity contribution in [3.63, 3.8) is 0 Å². The summed E-state index contributed by atoms with van der Waals surface area (Å²) in [5.41, 5.74) is 1.00. The van der Waals surface area contributed by atoms with Crippen LogP contribution in [-0.2, 0) is 11.2 Å². The van der Waals surface area contributed by atoms with Crippen LogP contribution < -0.4 is 0 Å². The van der Waals surface area contributed by atoms with Gasteiger partial charge in [0.05, 0.1) is 5.25 Å². The average Bonchev–Trinajstić information content (AvgIpc) is 2.25. The van der Waals surface area contributed by atoms with E-state index in [0.29, 0.717) is 11.4 Å². The molecule has 0 fully saturated rings. The highest BCUT2D eigenvalue weighted by Crippen LogP contribution is 2.16. The number of carbonyl (C=O) groups is 1. The standard InChI is InChI=1S/C13H17ClOS/c1-3-7-16-10(2)13(15)9-11-5-4-6-12(14)8-11/h4-6,8,10H,3,7,9H2,1-2H3. The second kappa shape index (κ2) is 6.97. The van der Waals surface area contributed by atoms with Gasteiger partial charge in [-0.3, -0.25) is 4.79 Å². The monoisotopic (exact) mass is 256 g/mol. The lowest BCUT2D eigenvalue weighted by atomic mass is 10.1. The first-order valence-electron chi connectivity index (χ1n) is 5.52. The topological polar surface area (TPSA) is 17.1 Å². The molecule has 0 aliphatic rings. The van der Waals surface area contributed by atoms with Crippen LogP contribution in [0.25, 0.3) is 0 Å². The van der Waals surface area contributed by atoms with Crippen LogP contribution in [0.4, 0.5) is 0 Å². The van der Waals surface area contributed by atoms with E-state index in [1.165, 1.54) is 0 Å². The van der Waals surface area contributed by atoms with Gasteiger partial charge in [-0.05, 0) is 36.8 Å². The van der Waals surface area contributed by atoms with Gasteiger partial charge in [0.25, 0.3) is 0 Å². The van der Waals surface area contributed by atoms with Crippen molar-refractivity contribution in [3.05, 3.63) is 34.9 Å². The normalized spacial score (nSPS) is 12.4. The maximum Gasteiger partial charge on any atom is 0.149 e. The van der Waals surface area contributed by atoms with E-state index in [-0.39, 0.29) is 11.0 Å². The minimum atomic E-state index is 0.0823. The fourth-order valence-electron chi connectivity index (χ4n) is 1.38. The van der Waals surface area contributed by atoms with Gasteiger partial charge in [-0.2, -0.15) is 11.8 Å². The number of hydrogen-bond acceptors (Lipinski definition) is 2. The molecule has 0 spiro atoms. The second-order valence-corrected chi connectivity index (χ2v) is 5.67. The molecule has 0 heterocycles. The molecule has 1 atom stereocenters. The zero-order valence-electron chi connectivity index (χ0n) is 9.70. The van der Waals surface area contributed by atoms with Crippen LogP contribution in [0.3, 0.4) is 0 Å². The number of ketones is 1. The predicted molar refractivity (Wildman–Crippen MR) is 72.4 cm³/mol. The summed E-state index contributed by atoms with van der Waals surface area (Å²) in [5, 5.41) is 0.776. The van der Waals surface area contributed by atoms with E-state index in [1.54, 1.807) is 11.8 Å². The first-order chi connectivity index (χ1) is 7.63. The van der Waals surface area contributed by atoms with E-state index in [4.69, 9.17) is 11.6 Å². The number of benzene rings is 1. The van der Waals surface area contributed by atoms with Crippen molar-refractivity contribution < 1.29 is 4.79 Å². The number of Topliss-reactive ketones (excluding diaryl/α,β-unsaturated/α-hetero) is 1. The highest BCUT2D eigenvalue weighted by Gasteiger charge is 2.13. The highest BCUT2D eigenvalue weighted by atomic mass is 35.5. The third kappa shape index (κ3) is 4.58. The third-order valence-corrected chi connectivity index (χ3v) is 3.93. The molecule has 88 valence electrons. The average molecular weight is 257 g/mol. The van der Waals surface area contributed by atoms with Crippen molar-refractivity contribution in [1.29, 1.82) is 0 Å². The van der Waals surface area contributed by atoms with E-state index < -0.39 is 0 Å². The van der Waals surface area contributed by atoms with Crippen molar-refractivity contribution in [2.24, 2.45) is 0 Å². The molecular formula is C13H17ClOS. The lowest BCUT2D eigenvalue weighted by Crippen LogP contribution is -2.16. The Hall–Kier alpha value is -0.470. The van der Waals surface area contributed by atoms with Crippen LogP contribution in [-0.4, -0.2) is 16.8 Å². The van der Waals surface area contributed by atoms with Crippen molar-refractivity contribution in [2.75, 3.05) is 5.75 Å². The molecule has 0 bridgehead atoms. The molecule has 16 heavy (non-hydrogen) atoms. The van der Waals surface area contributed by atoms with E-state index in [2.05, 4.69) is 6.92 Å². The number of carbonyl (C=O) groups excluding carboxylic acids is 1. The van der Waals surface area contributed by atoms with Gasteiger partial charge in [0, 0.05) is 11.4 Å². The fourth-order valence-corrected chi connectivity index (χ4v) is 2.45.